The number of hydrogen-bond donors (Lipinski definition) is 2. The largest absolute Gasteiger partial charge is 0.491 e. The first-order valence-electron chi connectivity index (χ1n) is 9.53. The maximum absolute atomic E-state index is 5.67. The molecule has 1 aliphatic heterocycles. The van der Waals surface area contributed by atoms with E-state index in [0.717, 1.165) is 50.1 Å². The lowest BCUT2D eigenvalue weighted by atomic mass is 10.0. The first kappa shape index (κ1) is 24.9. The molecule has 160 valence electrons. The van der Waals surface area contributed by atoms with Gasteiger partial charge in [-0.1, -0.05) is 12.1 Å². The molecule has 7 nitrogen and oxygen atoms in total. The van der Waals surface area contributed by atoms with Gasteiger partial charge in [0, 0.05) is 45.9 Å². The lowest BCUT2D eigenvalue weighted by Gasteiger charge is -2.41. The summed E-state index contributed by atoms with van der Waals surface area (Å²) >= 11 is 0. The van der Waals surface area contributed by atoms with Crippen LogP contribution in [0.15, 0.2) is 29.3 Å². The van der Waals surface area contributed by atoms with Crippen LogP contribution in [0, 0.1) is 0 Å². The predicted octanol–water partition coefficient (Wildman–Crippen LogP) is 2.11. The van der Waals surface area contributed by atoms with Gasteiger partial charge in [0.15, 0.2) is 5.96 Å². The second kappa shape index (κ2) is 13.2. The molecule has 0 aliphatic carbocycles. The van der Waals surface area contributed by atoms with Crippen molar-refractivity contribution in [3.8, 4) is 5.75 Å². The molecule has 8 heteroatoms. The monoisotopic (exact) mass is 506 g/mol. The van der Waals surface area contributed by atoms with Crippen molar-refractivity contribution in [3.05, 3.63) is 29.8 Å². The van der Waals surface area contributed by atoms with Crippen molar-refractivity contribution in [1.29, 1.82) is 0 Å². The number of benzene rings is 1. The summed E-state index contributed by atoms with van der Waals surface area (Å²) in [6.07, 6.45) is 0. The Morgan fingerprint density at radius 1 is 1.21 bits per heavy atom. The molecular formula is C20H35IN4O3. The fourth-order valence-corrected chi connectivity index (χ4v) is 2.97. The number of rotatable bonds is 9. The molecule has 2 N–H and O–H groups in total. The highest BCUT2D eigenvalue weighted by molar-refractivity contribution is 14.0. The smallest absolute Gasteiger partial charge is 0.191 e. The van der Waals surface area contributed by atoms with Crippen LogP contribution in [0.25, 0.3) is 0 Å². The van der Waals surface area contributed by atoms with E-state index >= 15 is 0 Å². The number of methoxy groups -OCH3 is 1. The average molecular weight is 506 g/mol. The lowest BCUT2D eigenvalue weighted by Crippen LogP contribution is -2.56. The van der Waals surface area contributed by atoms with Gasteiger partial charge in [0.25, 0.3) is 0 Å². The van der Waals surface area contributed by atoms with Gasteiger partial charge in [-0.25, -0.2) is 0 Å². The molecule has 2 rings (SSSR count). The first-order chi connectivity index (χ1) is 13.0. The maximum Gasteiger partial charge on any atom is 0.191 e. The third-order valence-corrected chi connectivity index (χ3v) is 4.69. The van der Waals surface area contributed by atoms with Gasteiger partial charge in [-0.05, 0) is 31.5 Å². The summed E-state index contributed by atoms with van der Waals surface area (Å²) in [5, 5.41) is 6.81. The Bertz CT molecular complexity index is 593. The van der Waals surface area contributed by atoms with E-state index < -0.39 is 0 Å². The zero-order valence-electron chi connectivity index (χ0n) is 17.5. The molecule has 0 saturated carbocycles. The van der Waals surface area contributed by atoms with Crippen LogP contribution in [-0.2, 0) is 16.0 Å². The molecule has 1 heterocycles. The molecule has 28 heavy (non-hydrogen) atoms. The Labute approximate surface area is 186 Å². The SMILES string of the molecule is CN=C(NCc1cccc(OCCOC)c1)NCC(C)(C)N1CCOCC1.I. The van der Waals surface area contributed by atoms with Gasteiger partial charge >= 0.3 is 0 Å². The van der Waals surface area contributed by atoms with E-state index in [1.165, 1.54) is 0 Å². The fourth-order valence-electron chi connectivity index (χ4n) is 2.97. The normalized spacial score (nSPS) is 15.6. The van der Waals surface area contributed by atoms with Crippen molar-refractivity contribution in [1.82, 2.24) is 15.5 Å². The molecule has 0 amide bonds. The summed E-state index contributed by atoms with van der Waals surface area (Å²) < 4.78 is 16.1. The summed E-state index contributed by atoms with van der Waals surface area (Å²) in [6.45, 7) is 10.7. The molecule has 0 unspecified atom stereocenters. The number of aliphatic imine (C=N–C) groups is 1. The highest BCUT2D eigenvalue weighted by Crippen LogP contribution is 2.15. The van der Waals surface area contributed by atoms with Crippen molar-refractivity contribution < 1.29 is 14.2 Å². The molecule has 1 aliphatic rings. The van der Waals surface area contributed by atoms with Crippen LogP contribution in [0.5, 0.6) is 5.75 Å². The van der Waals surface area contributed by atoms with Crippen LogP contribution >= 0.6 is 24.0 Å². The van der Waals surface area contributed by atoms with Crippen LogP contribution in [-0.4, -0.2) is 76.6 Å². The summed E-state index contributed by atoms with van der Waals surface area (Å²) in [5.41, 5.74) is 1.18. The number of halogens is 1. The van der Waals surface area contributed by atoms with E-state index in [9.17, 15) is 0 Å². The van der Waals surface area contributed by atoms with Crippen LogP contribution in [0.2, 0.25) is 0 Å². The van der Waals surface area contributed by atoms with Crippen molar-refractivity contribution in [2.75, 3.05) is 60.2 Å². The molecule has 0 atom stereocenters. The Morgan fingerprint density at radius 3 is 2.64 bits per heavy atom. The highest BCUT2D eigenvalue weighted by Gasteiger charge is 2.28. The summed E-state index contributed by atoms with van der Waals surface area (Å²) in [7, 11) is 3.46. The van der Waals surface area contributed by atoms with Gasteiger partial charge in [0.2, 0.25) is 0 Å². The molecule has 1 fully saturated rings. The predicted molar refractivity (Wildman–Crippen MR) is 124 cm³/mol. The van der Waals surface area contributed by atoms with Gasteiger partial charge in [-0.3, -0.25) is 9.89 Å². The fraction of sp³-hybridized carbons (Fsp3) is 0.650. The Balaban J connectivity index is 0.00000392. The standard InChI is InChI=1S/C20H34N4O3.HI/c1-20(2,24-8-10-26-11-9-24)16-23-19(21-3)22-15-17-6-5-7-18(14-17)27-13-12-25-4;/h5-7,14H,8-13,15-16H2,1-4H3,(H2,21,22,23);1H. The number of morpholine rings is 1. The Morgan fingerprint density at radius 2 is 1.96 bits per heavy atom. The zero-order valence-corrected chi connectivity index (χ0v) is 19.8. The number of guanidine groups is 1. The van der Waals surface area contributed by atoms with E-state index in [2.05, 4.69) is 40.4 Å². The highest BCUT2D eigenvalue weighted by atomic mass is 127. The zero-order chi connectivity index (χ0) is 19.5. The van der Waals surface area contributed by atoms with Gasteiger partial charge < -0.3 is 24.8 Å². The Kier molecular flexibility index (Phi) is 11.7. The van der Waals surface area contributed by atoms with Crippen molar-refractivity contribution >= 4 is 29.9 Å². The molecule has 0 bridgehead atoms. The molecule has 1 saturated heterocycles. The van der Waals surface area contributed by atoms with Crippen molar-refractivity contribution in [2.24, 2.45) is 4.99 Å². The molecule has 0 spiro atoms. The summed E-state index contributed by atoms with van der Waals surface area (Å²) in [4.78, 5) is 6.79. The number of ether oxygens (including phenoxy) is 3. The summed E-state index contributed by atoms with van der Waals surface area (Å²) in [6, 6.07) is 8.06. The van der Waals surface area contributed by atoms with Gasteiger partial charge in [0.1, 0.15) is 12.4 Å². The van der Waals surface area contributed by atoms with E-state index in [-0.39, 0.29) is 29.5 Å². The van der Waals surface area contributed by atoms with Crippen molar-refractivity contribution in [2.45, 2.75) is 25.9 Å². The van der Waals surface area contributed by atoms with Crippen molar-refractivity contribution in [3.63, 3.8) is 0 Å². The number of nitrogens with zero attached hydrogens (tertiary/aromatic N) is 2. The molecule has 1 aromatic carbocycles. The third-order valence-electron chi connectivity index (χ3n) is 4.69. The second-order valence-corrected chi connectivity index (χ2v) is 7.18. The van der Waals surface area contributed by atoms with Gasteiger partial charge in [-0.15, -0.1) is 24.0 Å². The Hall–Kier alpha value is -1.10. The van der Waals surface area contributed by atoms with Crippen LogP contribution in [0.3, 0.4) is 0 Å². The first-order valence-corrected chi connectivity index (χ1v) is 9.53. The maximum atomic E-state index is 5.67. The average Bonchev–Trinajstić information content (AvgIpc) is 2.69. The minimum atomic E-state index is 0. The van der Waals surface area contributed by atoms with E-state index in [0.29, 0.717) is 19.8 Å². The molecular weight excluding hydrogens is 471 g/mol. The van der Waals surface area contributed by atoms with Crippen LogP contribution < -0.4 is 15.4 Å². The lowest BCUT2D eigenvalue weighted by molar-refractivity contribution is -0.00834. The molecule has 1 aromatic rings. The number of nitrogens with one attached hydrogen (secondary N) is 2. The minimum absolute atomic E-state index is 0. The second-order valence-electron chi connectivity index (χ2n) is 7.18. The van der Waals surface area contributed by atoms with Crippen LogP contribution in [0.1, 0.15) is 19.4 Å². The molecule has 0 aromatic heterocycles. The van der Waals surface area contributed by atoms with E-state index in [1.807, 2.05) is 18.2 Å². The van der Waals surface area contributed by atoms with Crippen LogP contribution in [0.4, 0.5) is 0 Å². The van der Waals surface area contributed by atoms with E-state index in [1.54, 1.807) is 14.2 Å². The summed E-state index contributed by atoms with van der Waals surface area (Å²) in [5.74, 6) is 1.64. The quantitative estimate of drug-likeness (QED) is 0.232. The number of hydrogen-bond acceptors (Lipinski definition) is 5. The van der Waals surface area contributed by atoms with Gasteiger partial charge in [-0.2, -0.15) is 0 Å². The van der Waals surface area contributed by atoms with Gasteiger partial charge in [0.05, 0.1) is 19.8 Å². The van der Waals surface area contributed by atoms with E-state index in [4.69, 9.17) is 14.2 Å². The minimum Gasteiger partial charge on any atom is -0.491 e. The third kappa shape index (κ3) is 8.50. The molecule has 0 radical (unpaired) electrons. The topological polar surface area (TPSA) is 67.4 Å².